The zero-order valence-electron chi connectivity index (χ0n) is 15.4. The number of hydrogen-bond acceptors (Lipinski definition) is 3. The summed E-state index contributed by atoms with van der Waals surface area (Å²) in [4.78, 5) is 12.4. The molecule has 1 aliphatic rings. The lowest BCUT2D eigenvalue weighted by molar-refractivity contribution is -0.173. The zero-order valence-corrected chi connectivity index (χ0v) is 15.4. The molecule has 0 bridgehead atoms. The predicted molar refractivity (Wildman–Crippen MR) is 102 cm³/mol. The van der Waals surface area contributed by atoms with E-state index in [0.29, 0.717) is 0 Å². The SMILES string of the molecule is O=C(NCc1ccccc1)c1cc2n(n1)C(C(F)(F)F)CC(c1ccccc1)N2. The molecule has 0 fully saturated rings. The lowest BCUT2D eigenvalue weighted by Gasteiger charge is -2.33. The van der Waals surface area contributed by atoms with Gasteiger partial charge in [-0.15, -0.1) is 0 Å². The van der Waals surface area contributed by atoms with Gasteiger partial charge in [0.05, 0.1) is 6.04 Å². The molecule has 5 nitrogen and oxygen atoms in total. The third-order valence-electron chi connectivity index (χ3n) is 4.92. The maximum Gasteiger partial charge on any atom is 0.410 e. The number of alkyl halides is 3. The smallest absolute Gasteiger partial charge is 0.363 e. The number of aromatic nitrogens is 2. The van der Waals surface area contributed by atoms with Crippen molar-refractivity contribution in [1.82, 2.24) is 15.1 Å². The zero-order chi connectivity index (χ0) is 20.4. The second-order valence-electron chi connectivity index (χ2n) is 6.93. The van der Waals surface area contributed by atoms with Gasteiger partial charge in [0.1, 0.15) is 5.82 Å². The minimum Gasteiger partial charge on any atom is -0.363 e. The highest BCUT2D eigenvalue weighted by Crippen LogP contribution is 2.43. The quantitative estimate of drug-likeness (QED) is 0.679. The van der Waals surface area contributed by atoms with Crippen molar-refractivity contribution in [1.29, 1.82) is 0 Å². The van der Waals surface area contributed by atoms with E-state index in [2.05, 4.69) is 15.7 Å². The number of rotatable bonds is 4. The summed E-state index contributed by atoms with van der Waals surface area (Å²) < 4.78 is 42.0. The van der Waals surface area contributed by atoms with Gasteiger partial charge in [-0.1, -0.05) is 60.7 Å². The van der Waals surface area contributed by atoms with Crippen LogP contribution in [0.5, 0.6) is 0 Å². The van der Waals surface area contributed by atoms with Crippen LogP contribution in [0.25, 0.3) is 0 Å². The van der Waals surface area contributed by atoms with E-state index >= 15 is 0 Å². The van der Waals surface area contributed by atoms with E-state index in [4.69, 9.17) is 0 Å². The molecule has 150 valence electrons. The summed E-state index contributed by atoms with van der Waals surface area (Å²) in [5, 5.41) is 9.74. The van der Waals surface area contributed by atoms with Crippen LogP contribution in [0.4, 0.5) is 19.0 Å². The number of amides is 1. The summed E-state index contributed by atoms with van der Waals surface area (Å²) in [6.07, 6.45) is -4.68. The highest BCUT2D eigenvalue weighted by molar-refractivity contribution is 5.93. The molecule has 3 aromatic rings. The number of fused-ring (bicyclic) bond motifs is 1. The minimum absolute atomic E-state index is 0.0496. The monoisotopic (exact) mass is 400 g/mol. The lowest BCUT2D eigenvalue weighted by atomic mass is 9.97. The Labute approximate surface area is 165 Å². The van der Waals surface area contributed by atoms with Gasteiger partial charge in [0, 0.05) is 19.0 Å². The van der Waals surface area contributed by atoms with Crippen molar-refractivity contribution in [2.45, 2.75) is 31.2 Å². The second-order valence-corrected chi connectivity index (χ2v) is 6.93. The molecule has 2 atom stereocenters. The fourth-order valence-corrected chi connectivity index (χ4v) is 3.46. The van der Waals surface area contributed by atoms with Gasteiger partial charge in [-0.2, -0.15) is 18.3 Å². The van der Waals surface area contributed by atoms with Crippen LogP contribution in [-0.2, 0) is 6.54 Å². The topological polar surface area (TPSA) is 59.0 Å². The van der Waals surface area contributed by atoms with Gasteiger partial charge in [-0.3, -0.25) is 4.79 Å². The maximum atomic E-state index is 13.7. The van der Waals surface area contributed by atoms with Gasteiger partial charge < -0.3 is 10.6 Å². The first-order valence-corrected chi connectivity index (χ1v) is 9.21. The van der Waals surface area contributed by atoms with Crippen molar-refractivity contribution in [3.8, 4) is 0 Å². The van der Waals surface area contributed by atoms with Crippen molar-refractivity contribution < 1.29 is 18.0 Å². The summed E-state index contributed by atoms with van der Waals surface area (Å²) >= 11 is 0. The van der Waals surface area contributed by atoms with Crippen molar-refractivity contribution in [2.24, 2.45) is 0 Å². The Balaban J connectivity index is 1.58. The number of anilines is 1. The van der Waals surface area contributed by atoms with Crippen LogP contribution in [0, 0.1) is 0 Å². The highest BCUT2D eigenvalue weighted by atomic mass is 19.4. The highest BCUT2D eigenvalue weighted by Gasteiger charge is 2.46. The van der Waals surface area contributed by atoms with E-state index in [9.17, 15) is 18.0 Å². The molecule has 2 heterocycles. The van der Waals surface area contributed by atoms with Gasteiger partial charge in [-0.05, 0) is 11.1 Å². The molecule has 1 aliphatic heterocycles. The van der Waals surface area contributed by atoms with Crippen molar-refractivity contribution in [3.05, 3.63) is 83.6 Å². The fraction of sp³-hybridized carbons (Fsp3) is 0.238. The first-order chi connectivity index (χ1) is 13.9. The Hall–Kier alpha value is -3.29. The largest absolute Gasteiger partial charge is 0.410 e. The summed E-state index contributed by atoms with van der Waals surface area (Å²) in [5.74, 6) is -0.341. The Morgan fingerprint density at radius 3 is 2.41 bits per heavy atom. The van der Waals surface area contributed by atoms with Gasteiger partial charge in [0.2, 0.25) is 0 Å². The van der Waals surface area contributed by atoms with E-state index in [1.807, 2.05) is 36.4 Å². The second kappa shape index (κ2) is 7.62. The average Bonchev–Trinajstić information content (AvgIpc) is 3.16. The molecule has 1 aromatic heterocycles. The first kappa shape index (κ1) is 19.0. The van der Waals surface area contributed by atoms with Crippen molar-refractivity contribution in [2.75, 3.05) is 5.32 Å². The Kier molecular flexibility index (Phi) is 5.00. The average molecular weight is 400 g/mol. The van der Waals surface area contributed by atoms with Crippen LogP contribution < -0.4 is 10.6 Å². The van der Waals surface area contributed by atoms with E-state index in [1.165, 1.54) is 6.07 Å². The molecule has 2 N–H and O–H groups in total. The molecule has 0 aliphatic carbocycles. The van der Waals surface area contributed by atoms with Crippen LogP contribution in [0.15, 0.2) is 66.7 Å². The predicted octanol–water partition coefficient (Wildman–Crippen LogP) is 4.47. The number of benzene rings is 2. The van der Waals surface area contributed by atoms with Crippen LogP contribution in [0.2, 0.25) is 0 Å². The Morgan fingerprint density at radius 1 is 1.10 bits per heavy atom. The fourth-order valence-electron chi connectivity index (χ4n) is 3.46. The van der Waals surface area contributed by atoms with Crippen LogP contribution in [0.3, 0.4) is 0 Å². The minimum atomic E-state index is -4.48. The molecule has 2 unspecified atom stereocenters. The number of nitrogens with zero attached hydrogens (tertiary/aromatic N) is 2. The molecule has 0 saturated heterocycles. The molecule has 0 radical (unpaired) electrons. The van der Waals surface area contributed by atoms with Gasteiger partial charge in [0.15, 0.2) is 11.7 Å². The first-order valence-electron chi connectivity index (χ1n) is 9.21. The van der Waals surface area contributed by atoms with Crippen molar-refractivity contribution in [3.63, 3.8) is 0 Å². The number of carbonyl (C=O) groups is 1. The normalized spacial score (nSPS) is 18.6. The third-order valence-corrected chi connectivity index (χ3v) is 4.92. The third kappa shape index (κ3) is 4.11. The number of carbonyl (C=O) groups excluding carboxylic acids is 1. The molecule has 4 rings (SSSR count). The molecule has 2 aromatic carbocycles. The summed E-state index contributed by atoms with van der Waals surface area (Å²) in [6, 6.07) is 17.2. The molecular formula is C21H19F3N4O. The Morgan fingerprint density at radius 2 is 1.76 bits per heavy atom. The van der Waals surface area contributed by atoms with Crippen LogP contribution >= 0.6 is 0 Å². The molecule has 29 heavy (non-hydrogen) atoms. The molecule has 8 heteroatoms. The van der Waals surface area contributed by atoms with E-state index in [0.717, 1.165) is 15.8 Å². The van der Waals surface area contributed by atoms with Crippen molar-refractivity contribution >= 4 is 11.7 Å². The maximum absolute atomic E-state index is 13.7. The van der Waals surface area contributed by atoms with E-state index < -0.39 is 24.2 Å². The molecule has 0 saturated carbocycles. The summed E-state index contributed by atoms with van der Waals surface area (Å²) in [7, 11) is 0. The van der Waals surface area contributed by atoms with Crippen LogP contribution in [0.1, 0.15) is 40.1 Å². The molecule has 1 amide bonds. The summed E-state index contributed by atoms with van der Waals surface area (Å²) in [6.45, 7) is 0.268. The lowest BCUT2D eigenvalue weighted by Crippen LogP contribution is -2.35. The van der Waals surface area contributed by atoms with E-state index in [-0.39, 0.29) is 24.5 Å². The van der Waals surface area contributed by atoms with E-state index in [1.54, 1.807) is 24.3 Å². The number of hydrogen-bond donors (Lipinski definition) is 2. The standard InChI is InChI=1S/C21H19F3N4O/c22-21(23,24)18-11-16(15-9-5-2-6-10-15)26-19-12-17(27-28(18)19)20(29)25-13-14-7-3-1-4-8-14/h1-10,12,16,18,26H,11,13H2,(H,25,29). The molecule has 0 spiro atoms. The van der Waals surface area contributed by atoms with Gasteiger partial charge in [0.25, 0.3) is 5.91 Å². The molecular weight excluding hydrogens is 381 g/mol. The number of halogens is 3. The Bertz CT molecular complexity index is 986. The number of nitrogens with one attached hydrogen (secondary N) is 2. The van der Waals surface area contributed by atoms with Gasteiger partial charge >= 0.3 is 6.18 Å². The summed E-state index contributed by atoms with van der Waals surface area (Å²) in [5.41, 5.74) is 1.59. The van der Waals surface area contributed by atoms with Gasteiger partial charge in [-0.25, -0.2) is 4.68 Å². The van der Waals surface area contributed by atoms with Crippen LogP contribution in [-0.4, -0.2) is 21.9 Å².